The molecular formula is C59H117NO. The Hall–Kier alpha value is -2.27. The lowest BCUT2D eigenvalue weighted by Gasteiger charge is -2.24. The van der Waals surface area contributed by atoms with E-state index >= 15 is 0 Å². The van der Waals surface area contributed by atoms with Crippen LogP contribution in [-0.4, -0.2) is 4.98 Å². The lowest BCUT2D eigenvalue weighted by molar-refractivity contribution is 0.275. The lowest BCUT2D eigenvalue weighted by atomic mass is 9.81. The second-order valence-corrected chi connectivity index (χ2v) is 29.3. The molecule has 2 rings (SSSR count). The molecule has 0 spiro atoms. The average Bonchev–Trinajstić information content (AvgIpc) is 3.51. The predicted octanol–water partition coefficient (Wildman–Crippen LogP) is 21.1. The average molecular weight is 857 g/mol. The van der Waals surface area contributed by atoms with Gasteiger partial charge >= 0.3 is 0 Å². The van der Waals surface area contributed by atoms with Crippen LogP contribution in [0.2, 0.25) is 0 Å². The molecule has 0 saturated carbocycles. The molecule has 2 nitrogen and oxygen atoms in total. The summed E-state index contributed by atoms with van der Waals surface area (Å²) in [4.78, 5) is 3.56. The minimum Gasteiger partial charge on any atom is -0.452 e. The molecule has 0 aliphatic carbocycles. The van der Waals surface area contributed by atoms with E-state index in [-0.39, 0.29) is 10.8 Å². The molecule has 0 amide bonds. The maximum Gasteiger partial charge on any atom is 0.180 e. The summed E-state index contributed by atoms with van der Waals surface area (Å²) in [5.41, 5.74) is 3.96. The fourth-order valence-electron chi connectivity index (χ4n) is 2.19. The van der Waals surface area contributed by atoms with Crippen molar-refractivity contribution >= 4 is 0 Å². The van der Waals surface area contributed by atoms with E-state index in [0.29, 0.717) is 43.3 Å². The van der Waals surface area contributed by atoms with Crippen molar-refractivity contribution in [2.75, 3.05) is 0 Å². The van der Waals surface area contributed by atoms with E-state index < -0.39 is 0 Å². The molecule has 1 heterocycles. The molecule has 2 aromatic rings. The highest BCUT2D eigenvalue weighted by Crippen LogP contribution is 2.29. The third-order valence-electron chi connectivity index (χ3n) is 4.53. The van der Waals surface area contributed by atoms with Crippen LogP contribution in [0, 0.1) is 66.0 Å². The molecule has 0 bridgehead atoms. The van der Waals surface area contributed by atoms with Gasteiger partial charge in [0.15, 0.2) is 6.39 Å². The van der Waals surface area contributed by atoms with Gasteiger partial charge in [0.2, 0.25) is 0 Å². The summed E-state index contributed by atoms with van der Waals surface area (Å²) in [5, 5.41) is 0. The quantitative estimate of drug-likeness (QED) is 0.211. The Labute approximate surface area is 389 Å². The Morgan fingerprint density at radius 3 is 0.639 bits per heavy atom. The third-order valence-corrected chi connectivity index (χ3v) is 4.53. The van der Waals surface area contributed by atoms with Gasteiger partial charge in [-0.1, -0.05) is 254 Å². The molecule has 0 radical (unpaired) electrons. The Bertz CT molecular complexity index is 1090. The van der Waals surface area contributed by atoms with Crippen LogP contribution < -0.4 is 0 Å². The van der Waals surface area contributed by atoms with Gasteiger partial charge < -0.3 is 4.42 Å². The van der Waals surface area contributed by atoms with Gasteiger partial charge in [0.25, 0.3) is 0 Å². The monoisotopic (exact) mass is 856 g/mol. The van der Waals surface area contributed by atoms with Gasteiger partial charge in [-0.25, -0.2) is 4.98 Å². The maximum atomic E-state index is 4.47. The van der Waals surface area contributed by atoms with Gasteiger partial charge in [-0.05, 0) is 97.7 Å². The first-order chi connectivity index (χ1) is 26.1. The SMILES string of the molecule is CC(C)(C)/C=C/C(C)(C)C.CC(C)(C)C.CC(C)(C)C.CC(C)(C)C.CC(C)(C)C.CC(C)(C)C#CC(C)(C)C.CC(C)(C)CCC(C)(C)C.c1ccccc1.c1cocn1. The van der Waals surface area contributed by atoms with Crippen LogP contribution in [0.4, 0.5) is 0 Å². The first-order valence-electron chi connectivity index (χ1n) is 23.2. The molecule has 0 aliphatic rings. The molecule has 1 aromatic heterocycles. The first-order valence-corrected chi connectivity index (χ1v) is 23.2. The largest absolute Gasteiger partial charge is 0.452 e. The molecule has 364 valence electrons. The van der Waals surface area contributed by atoms with E-state index in [0.717, 1.165) is 0 Å². The lowest BCUT2D eigenvalue weighted by Crippen LogP contribution is -2.12. The molecule has 61 heavy (non-hydrogen) atoms. The van der Waals surface area contributed by atoms with Crippen molar-refractivity contribution in [3.8, 4) is 11.8 Å². The molecule has 0 fully saturated rings. The number of hydrogen-bond acceptors (Lipinski definition) is 2. The number of hydrogen-bond donors (Lipinski definition) is 0. The van der Waals surface area contributed by atoms with Gasteiger partial charge in [0.1, 0.15) is 6.26 Å². The van der Waals surface area contributed by atoms with Gasteiger partial charge in [-0.3, -0.25) is 0 Å². The first kappa shape index (κ1) is 73.1. The van der Waals surface area contributed by atoms with Crippen molar-refractivity contribution < 1.29 is 4.42 Å². The van der Waals surface area contributed by atoms with E-state index in [4.69, 9.17) is 0 Å². The van der Waals surface area contributed by atoms with Crippen LogP contribution >= 0.6 is 0 Å². The summed E-state index contributed by atoms with van der Waals surface area (Å²) in [6.45, 7) is 74.9. The van der Waals surface area contributed by atoms with Crippen molar-refractivity contribution in [3.63, 3.8) is 0 Å². The summed E-state index contributed by atoms with van der Waals surface area (Å²) in [7, 11) is 0. The standard InChI is InChI=1S/C10H22.C10H20.C10H18.C6H6.4C5H12.C3H3NO/c3*1-9(2,3)7-8-10(4,5)6;1-2-4-6-5-3-1;4*1-5(2,3)4;1-2-5-3-4-1/h7-8H2,1-6H3;7-8H,1-6H3;1-6H3;1-6H;4*1-4H3;1-3H/b;8-7+;;;;;;;. The minimum absolute atomic E-state index is 0.146. The van der Waals surface area contributed by atoms with Crippen molar-refractivity contribution in [1.82, 2.24) is 4.98 Å². The van der Waals surface area contributed by atoms with Crippen molar-refractivity contribution in [3.05, 3.63) is 67.4 Å². The van der Waals surface area contributed by atoms with E-state index in [1.165, 1.54) is 25.5 Å². The van der Waals surface area contributed by atoms with E-state index in [9.17, 15) is 0 Å². The zero-order chi connectivity index (χ0) is 51.0. The Morgan fingerprint density at radius 2 is 0.557 bits per heavy atom. The topological polar surface area (TPSA) is 26.0 Å². The zero-order valence-corrected chi connectivity index (χ0v) is 48.6. The van der Waals surface area contributed by atoms with Gasteiger partial charge in [0.05, 0.1) is 6.20 Å². The van der Waals surface area contributed by atoms with Crippen LogP contribution in [-0.2, 0) is 0 Å². The van der Waals surface area contributed by atoms with Crippen LogP contribution in [0.5, 0.6) is 0 Å². The molecule has 1 aromatic carbocycles. The van der Waals surface area contributed by atoms with Crippen LogP contribution in [0.1, 0.15) is 248 Å². The highest BCUT2D eigenvalue weighted by molar-refractivity contribution is 5.12. The Balaban J connectivity index is -0.000000109. The van der Waals surface area contributed by atoms with Crippen molar-refractivity contribution in [2.45, 2.75) is 248 Å². The zero-order valence-electron chi connectivity index (χ0n) is 48.6. The number of benzene rings is 1. The fourth-order valence-corrected chi connectivity index (χ4v) is 2.19. The second-order valence-electron chi connectivity index (χ2n) is 29.3. The van der Waals surface area contributed by atoms with Crippen molar-refractivity contribution in [2.24, 2.45) is 54.1 Å². The molecule has 0 saturated heterocycles. The summed E-state index contributed by atoms with van der Waals surface area (Å²) >= 11 is 0. The van der Waals surface area contributed by atoms with Crippen LogP contribution in [0.15, 0.2) is 71.8 Å². The second kappa shape index (κ2) is 33.3. The van der Waals surface area contributed by atoms with Crippen LogP contribution in [0.25, 0.3) is 0 Å². The predicted molar refractivity (Wildman–Crippen MR) is 286 cm³/mol. The molecule has 0 aliphatic heterocycles. The highest BCUT2D eigenvalue weighted by Gasteiger charge is 2.16. The summed E-state index contributed by atoms with van der Waals surface area (Å²) < 4.78 is 4.47. The highest BCUT2D eigenvalue weighted by atomic mass is 16.3. The Kier molecular flexibility index (Phi) is 39.9. The number of nitrogens with zero attached hydrogens (tertiary/aromatic N) is 1. The normalized spacial score (nSPS) is 12.0. The summed E-state index contributed by atoms with van der Waals surface area (Å²) in [5.74, 6) is 6.42. The van der Waals surface area contributed by atoms with Crippen LogP contribution in [0.3, 0.4) is 0 Å². The molecule has 0 atom stereocenters. The smallest absolute Gasteiger partial charge is 0.180 e. The van der Waals surface area contributed by atoms with E-state index in [1.807, 2.05) is 36.4 Å². The van der Waals surface area contributed by atoms with E-state index in [1.54, 1.807) is 6.20 Å². The third kappa shape index (κ3) is 203. The van der Waals surface area contributed by atoms with Crippen molar-refractivity contribution in [1.29, 1.82) is 0 Å². The van der Waals surface area contributed by atoms with Gasteiger partial charge in [-0.2, -0.15) is 0 Å². The van der Waals surface area contributed by atoms with E-state index in [2.05, 4.69) is 269 Å². The number of oxazole rings is 1. The Morgan fingerprint density at radius 1 is 0.361 bits per heavy atom. The number of aromatic nitrogens is 1. The van der Waals surface area contributed by atoms with Gasteiger partial charge in [0, 0.05) is 10.8 Å². The summed E-state index contributed by atoms with van der Waals surface area (Å²) in [6.07, 6.45) is 11.7. The number of allylic oxidation sites excluding steroid dienone is 2. The molecular weight excluding hydrogens is 739 g/mol. The molecule has 0 unspecified atom stereocenters. The van der Waals surface area contributed by atoms with Gasteiger partial charge in [-0.15, -0.1) is 0 Å². The maximum absolute atomic E-state index is 4.47. The summed E-state index contributed by atoms with van der Waals surface area (Å²) in [6, 6.07) is 12.0. The number of rotatable bonds is 1. The minimum atomic E-state index is 0.146. The molecule has 2 heteroatoms. The molecule has 0 N–H and O–H groups in total. The fraction of sp³-hybridized carbons (Fsp3) is 0.780.